The first kappa shape index (κ1) is 7.69. The molecule has 0 saturated carbocycles. The summed E-state index contributed by atoms with van der Waals surface area (Å²) in [6.45, 7) is 5.55. The van der Waals surface area contributed by atoms with E-state index in [0.717, 1.165) is 26.3 Å². The van der Waals surface area contributed by atoms with Gasteiger partial charge in [-0.3, -0.25) is 9.69 Å². The number of carbonyl (C=O) groups is 1. The minimum Gasteiger partial charge on any atom is -0.379 e. The van der Waals surface area contributed by atoms with E-state index in [9.17, 15) is 4.79 Å². The van der Waals surface area contributed by atoms with Crippen molar-refractivity contribution in [1.82, 2.24) is 4.90 Å². The monoisotopic (exact) mass is 144 g/mol. The highest BCUT2D eigenvalue weighted by Gasteiger charge is 2.10. The molecule has 0 unspecified atom stereocenters. The normalized spacial score (nSPS) is 20.9. The average Bonchev–Trinajstić information content (AvgIpc) is 1.88. The first-order valence-corrected chi connectivity index (χ1v) is 3.58. The molecule has 1 fully saturated rings. The topological polar surface area (TPSA) is 29.5 Å². The van der Waals surface area contributed by atoms with Crippen LogP contribution >= 0.6 is 0 Å². The highest BCUT2D eigenvalue weighted by atomic mass is 16.2. The van der Waals surface area contributed by atoms with Gasteiger partial charge in [-0.2, -0.15) is 0 Å². The van der Waals surface area contributed by atoms with E-state index in [2.05, 4.69) is 4.90 Å². The average molecular weight is 144 g/mol. The summed E-state index contributed by atoms with van der Waals surface area (Å²) < 4.78 is 5.13. The van der Waals surface area contributed by atoms with Gasteiger partial charge in [0.05, 0.1) is 19.8 Å². The summed E-state index contributed by atoms with van der Waals surface area (Å²) in [4.78, 5) is 12.7. The van der Waals surface area contributed by atoms with Gasteiger partial charge in [-0.25, -0.2) is 0 Å². The molecule has 10 heavy (non-hydrogen) atoms. The Labute approximate surface area is 61.0 Å². The Kier molecular flexibility index (Phi) is 2.83. The lowest BCUT2D eigenvalue weighted by Gasteiger charge is -2.25. The van der Waals surface area contributed by atoms with E-state index in [0.29, 0.717) is 6.54 Å². The lowest BCUT2D eigenvalue weighted by molar-refractivity contribution is -0.119. The highest BCUT2D eigenvalue weighted by molar-refractivity contribution is 5.77. The summed E-state index contributed by atoms with van der Waals surface area (Å²) in [5, 5.41) is 0. The number of rotatable bonds is 2. The Morgan fingerprint density at radius 3 is 2.60 bits per heavy atom. The molecule has 58 valence electrons. The van der Waals surface area contributed by atoms with Crippen LogP contribution in [0.4, 0.5) is 0 Å². The molecular weight excluding hydrogens is 131 g/mol. The van der Waals surface area contributed by atoms with Crippen LogP contribution in [-0.4, -0.2) is 43.5 Å². The van der Waals surface area contributed by atoms with Crippen molar-refractivity contribution in [3.63, 3.8) is 0 Å². The summed E-state index contributed by atoms with van der Waals surface area (Å²) in [5.41, 5.74) is 0. The minimum atomic E-state index is 0.238. The molecule has 1 aliphatic rings. The Bertz CT molecular complexity index is 119. The third-order valence-corrected chi connectivity index (χ3v) is 1.55. The lowest BCUT2D eigenvalue weighted by atomic mass is 10.5. The predicted octanol–water partition coefficient (Wildman–Crippen LogP) is -0.0924. The van der Waals surface area contributed by atoms with Gasteiger partial charge in [-0.15, -0.1) is 0 Å². The van der Waals surface area contributed by atoms with E-state index < -0.39 is 0 Å². The molecule has 1 heterocycles. The van der Waals surface area contributed by atoms with Gasteiger partial charge in [-0.1, -0.05) is 0 Å². The quantitative estimate of drug-likeness (QED) is 0.400. The van der Waals surface area contributed by atoms with Gasteiger partial charge in [-0.05, 0) is 6.92 Å². The molecule has 0 radical (unpaired) electrons. The number of nitrogens with zero attached hydrogens (tertiary/aromatic N) is 1. The van der Waals surface area contributed by atoms with Gasteiger partial charge in [0, 0.05) is 13.1 Å². The lowest BCUT2D eigenvalue weighted by Crippen LogP contribution is -2.38. The summed E-state index contributed by atoms with van der Waals surface area (Å²) in [6, 6.07) is 0. The smallest absolute Gasteiger partial charge is 0.143 e. The zero-order valence-corrected chi connectivity index (χ0v) is 6.30. The van der Waals surface area contributed by atoms with Crippen LogP contribution in [-0.2, 0) is 9.53 Å². The fourth-order valence-corrected chi connectivity index (χ4v) is 1.07. The zero-order chi connectivity index (χ0) is 7.40. The molecule has 0 bridgehead atoms. The highest BCUT2D eigenvalue weighted by Crippen LogP contribution is 1.95. The second-order valence-electron chi connectivity index (χ2n) is 2.59. The van der Waals surface area contributed by atoms with Gasteiger partial charge in [0.2, 0.25) is 0 Å². The SMILES string of the molecule is C[13C](=O)C[15N]1CC[15O]CC1. The van der Waals surface area contributed by atoms with Crippen LogP contribution in [0.1, 0.15) is 6.92 Å². The van der Waals surface area contributed by atoms with Crippen molar-refractivity contribution >= 4 is 5.78 Å². The van der Waals surface area contributed by atoms with Gasteiger partial charge in [0.15, 0.2) is 0 Å². The molecule has 0 aromatic carbocycles. The molecule has 0 spiro atoms. The number of hydrogen-bond acceptors (Lipinski definition) is 3. The van der Waals surface area contributed by atoms with Crippen molar-refractivity contribution in [3.05, 3.63) is 0 Å². The van der Waals surface area contributed by atoms with Crippen LogP contribution in [0.2, 0.25) is 0 Å². The molecule has 3 heteroatoms. The van der Waals surface area contributed by atoms with E-state index >= 15 is 0 Å². The number of morpholine rings is 1. The number of Topliss-reactive ketones (excluding diaryl/α,β-unsaturated/α-hetero) is 1. The third kappa shape index (κ3) is 2.45. The minimum absolute atomic E-state index is 0.238. The first-order valence-electron chi connectivity index (χ1n) is 3.58. The van der Waals surface area contributed by atoms with Crippen molar-refractivity contribution in [2.24, 2.45) is 0 Å². The molecule has 0 aromatic heterocycles. The molecule has 0 aromatic rings. The zero-order valence-electron chi connectivity index (χ0n) is 6.30. The van der Waals surface area contributed by atoms with Gasteiger partial charge >= 0.3 is 0 Å². The molecule has 1 rings (SSSR count). The predicted molar refractivity (Wildman–Crippen MR) is 37.9 cm³/mol. The molecule has 0 aliphatic carbocycles. The molecule has 0 atom stereocenters. The molecule has 0 amide bonds. The largest absolute Gasteiger partial charge is 0.379 e. The van der Waals surface area contributed by atoms with Crippen molar-refractivity contribution in [2.75, 3.05) is 32.8 Å². The molecule has 1 aliphatic heterocycles. The van der Waals surface area contributed by atoms with Crippen molar-refractivity contribution in [3.8, 4) is 0 Å². The fourth-order valence-electron chi connectivity index (χ4n) is 1.07. The first-order chi connectivity index (χ1) is 4.79. The van der Waals surface area contributed by atoms with E-state index in [1.165, 1.54) is 0 Å². The maximum Gasteiger partial charge on any atom is 0.143 e. The Balaban J connectivity index is 2.19. The van der Waals surface area contributed by atoms with Gasteiger partial charge < -0.3 is 4.74 Å². The third-order valence-electron chi connectivity index (χ3n) is 1.55. The maximum absolute atomic E-state index is 10.6. The van der Waals surface area contributed by atoms with E-state index in [1.54, 1.807) is 6.92 Å². The summed E-state index contributed by atoms with van der Waals surface area (Å²) in [5.74, 6) is 0.238. The molecular formula is C7H13NO2. The molecule has 0 N–H and O–H groups in total. The standard InChI is InChI=1S/C7H13NO2/c1-7(9)6-8-2-4-10-5-3-8/h2-6H2,1H3/i7+1,8+1,10-1. The van der Waals surface area contributed by atoms with E-state index in [-0.39, 0.29) is 5.78 Å². The number of ketones is 1. The van der Waals surface area contributed by atoms with Gasteiger partial charge in [0.1, 0.15) is 5.78 Å². The molecule has 1 saturated heterocycles. The van der Waals surface area contributed by atoms with Crippen LogP contribution in [0.25, 0.3) is 0 Å². The summed E-state index contributed by atoms with van der Waals surface area (Å²) in [6.07, 6.45) is 0. The van der Waals surface area contributed by atoms with Crippen LogP contribution in [0.15, 0.2) is 0 Å². The maximum atomic E-state index is 10.6. The second kappa shape index (κ2) is 3.68. The number of carbonyl (C=O) groups excluding carboxylic acids is 1. The van der Waals surface area contributed by atoms with Crippen LogP contribution in [0.5, 0.6) is 0 Å². The fraction of sp³-hybridized carbons (Fsp3) is 0.857. The Morgan fingerprint density at radius 1 is 1.50 bits per heavy atom. The van der Waals surface area contributed by atoms with Crippen LogP contribution in [0, 0.1) is 0 Å². The summed E-state index contributed by atoms with van der Waals surface area (Å²) >= 11 is 0. The van der Waals surface area contributed by atoms with Crippen molar-refractivity contribution < 1.29 is 9.53 Å². The Hall–Kier alpha value is -0.410. The van der Waals surface area contributed by atoms with Crippen molar-refractivity contribution in [2.45, 2.75) is 6.92 Å². The van der Waals surface area contributed by atoms with Crippen LogP contribution < -0.4 is 0 Å². The number of ether oxygens (including phenoxy) is 1. The van der Waals surface area contributed by atoms with Gasteiger partial charge in [0.25, 0.3) is 0 Å². The van der Waals surface area contributed by atoms with E-state index in [4.69, 9.17) is 4.74 Å². The molecule has 3 nitrogen and oxygen atoms in total. The number of hydrogen-bond donors (Lipinski definition) is 0. The van der Waals surface area contributed by atoms with E-state index in [1.807, 2.05) is 0 Å². The van der Waals surface area contributed by atoms with Crippen molar-refractivity contribution in [1.29, 1.82) is 0 Å². The second-order valence-corrected chi connectivity index (χ2v) is 2.59. The Morgan fingerprint density at radius 2 is 2.10 bits per heavy atom. The van der Waals surface area contributed by atoms with Crippen LogP contribution in [0.3, 0.4) is 0 Å². The summed E-state index contributed by atoms with van der Waals surface area (Å²) in [7, 11) is 0.